The molecule has 1 atom stereocenters. The molecule has 1 fully saturated rings. The van der Waals surface area contributed by atoms with Gasteiger partial charge >= 0.3 is 0 Å². The van der Waals surface area contributed by atoms with Gasteiger partial charge in [0.2, 0.25) is 11.8 Å². The lowest BCUT2D eigenvalue weighted by Gasteiger charge is -2.19. The molecule has 5 nitrogen and oxygen atoms in total. The van der Waals surface area contributed by atoms with E-state index in [4.69, 9.17) is 5.73 Å². The Morgan fingerprint density at radius 2 is 1.89 bits per heavy atom. The van der Waals surface area contributed by atoms with Crippen molar-refractivity contribution in [3.05, 3.63) is 35.9 Å². The number of rotatable bonds is 6. The Labute approximate surface area is 112 Å². The van der Waals surface area contributed by atoms with Gasteiger partial charge in [-0.1, -0.05) is 30.3 Å². The zero-order chi connectivity index (χ0) is 13.7. The van der Waals surface area contributed by atoms with Crippen molar-refractivity contribution in [1.82, 2.24) is 10.6 Å². The van der Waals surface area contributed by atoms with Crippen molar-refractivity contribution in [1.29, 1.82) is 0 Å². The first-order chi connectivity index (χ1) is 9.20. The van der Waals surface area contributed by atoms with Crippen LogP contribution in [0.15, 0.2) is 30.3 Å². The molecule has 19 heavy (non-hydrogen) atoms. The minimum atomic E-state index is -0.321. The molecular weight excluding hydrogens is 242 g/mol. The fraction of sp³-hybridized carbons (Fsp3) is 0.429. The summed E-state index contributed by atoms with van der Waals surface area (Å²) in [6, 6.07) is 9.96. The van der Waals surface area contributed by atoms with E-state index >= 15 is 0 Å². The summed E-state index contributed by atoms with van der Waals surface area (Å²) >= 11 is 0. The van der Waals surface area contributed by atoms with Gasteiger partial charge in [-0.25, -0.2) is 0 Å². The summed E-state index contributed by atoms with van der Waals surface area (Å²) in [5, 5.41) is 5.45. The number of nitrogens with one attached hydrogen (secondary N) is 2. The van der Waals surface area contributed by atoms with E-state index in [0.29, 0.717) is 5.92 Å². The van der Waals surface area contributed by atoms with Gasteiger partial charge in [0, 0.05) is 0 Å². The third kappa shape index (κ3) is 4.06. The summed E-state index contributed by atoms with van der Waals surface area (Å²) in [4.78, 5) is 22.8. The van der Waals surface area contributed by atoms with E-state index in [1.165, 1.54) is 0 Å². The van der Waals surface area contributed by atoms with Gasteiger partial charge in [0.05, 0.1) is 19.1 Å². The highest BCUT2D eigenvalue weighted by molar-refractivity contribution is 5.85. The molecule has 5 heteroatoms. The molecule has 1 unspecified atom stereocenters. The fourth-order valence-electron chi connectivity index (χ4n) is 2.04. The zero-order valence-electron chi connectivity index (χ0n) is 10.8. The van der Waals surface area contributed by atoms with Crippen LogP contribution in [0.2, 0.25) is 0 Å². The number of carbonyl (C=O) groups excluding carboxylic acids is 2. The summed E-state index contributed by atoms with van der Waals surface area (Å²) < 4.78 is 0. The number of benzene rings is 1. The molecule has 1 aromatic rings. The molecule has 0 heterocycles. The Morgan fingerprint density at radius 3 is 2.47 bits per heavy atom. The van der Waals surface area contributed by atoms with Gasteiger partial charge in [0.1, 0.15) is 0 Å². The highest BCUT2D eigenvalue weighted by Crippen LogP contribution is 2.40. The Kier molecular flexibility index (Phi) is 4.52. The highest BCUT2D eigenvalue weighted by Gasteiger charge is 2.33. The second-order valence-corrected chi connectivity index (χ2v) is 4.77. The fourth-order valence-corrected chi connectivity index (χ4v) is 2.04. The molecular formula is C14H19N3O2. The third-order valence-corrected chi connectivity index (χ3v) is 3.20. The highest BCUT2D eigenvalue weighted by atomic mass is 16.2. The summed E-state index contributed by atoms with van der Waals surface area (Å²) in [5.41, 5.74) is 6.28. The molecule has 1 aliphatic carbocycles. The van der Waals surface area contributed by atoms with Crippen molar-refractivity contribution in [3.63, 3.8) is 0 Å². The van der Waals surface area contributed by atoms with Crippen molar-refractivity contribution >= 4 is 11.8 Å². The standard InChI is InChI=1S/C14H19N3O2/c15-8-12(18)16-9-13(19)17-14(11-6-7-11)10-4-2-1-3-5-10/h1-5,11,14H,6-9,15H2,(H,16,18)(H,17,19). The Hall–Kier alpha value is -1.88. The molecule has 0 saturated heterocycles. The topological polar surface area (TPSA) is 84.2 Å². The first-order valence-corrected chi connectivity index (χ1v) is 6.52. The molecule has 1 aliphatic rings. The molecule has 1 saturated carbocycles. The van der Waals surface area contributed by atoms with Crippen LogP contribution in [0.4, 0.5) is 0 Å². The number of hydrogen-bond donors (Lipinski definition) is 3. The van der Waals surface area contributed by atoms with Crippen LogP contribution in [0.1, 0.15) is 24.4 Å². The second-order valence-electron chi connectivity index (χ2n) is 4.77. The van der Waals surface area contributed by atoms with Crippen LogP contribution in [0.5, 0.6) is 0 Å². The largest absolute Gasteiger partial charge is 0.347 e. The van der Waals surface area contributed by atoms with Crippen molar-refractivity contribution in [2.45, 2.75) is 18.9 Å². The van der Waals surface area contributed by atoms with Crippen LogP contribution < -0.4 is 16.4 Å². The van der Waals surface area contributed by atoms with E-state index in [2.05, 4.69) is 10.6 Å². The molecule has 0 spiro atoms. The van der Waals surface area contributed by atoms with Crippen LogP contribution in [0.25, 0.3) is 0 Å². The molecule has 2 amide bonds. The maximum Gasteiger partial charge on any atom is 0.239 e. The monoisotopic (exact) mass is 261 g/mol. The van der Waals surface area contributed by atoms with E-state index < -0.39 is 0 Å². The lowest BCUT2D eigenvalue weighted by Crippen LogP contribution is -2.41. The Balaban J connectivity index is 1.91. The van der Waals surface area contributed by atoms with Crippen LogP contribution in [0, 0.1) is 5.92 Å². The molecule has 4 N–H and O–H groups in total. The first-order valence-electron chi connectivity index (χ1n) is 6.52. The number of amides is 2. The van der Waals surface area contributed by atoms with Gasteiger partial charge in [0.25, 0.3) is 0 Å². The molecule has 0 bridgehead atoms. The maximum atomic E-state index is 11.8. The normalized spacial score (nSPS) is 15.6. The number of carbonyl (C=O) groups is 2. The summed E-state index contributed by atoms with van der Waals surface area (Å²) in [6.45, 7) is -0.121. The van der Waals surface area contributed by atoms with E-state index in [1.54, 1.807) is 0 Å². The first kappa shape index (κ1) is 13.5. The summed E-state index contributed by atoms with van der Waals surface area (Å²) in [6.07, 6.45) is 2.27. The minimum Gasteiger partial charge on any atom is -0.347 e. The molecule has 0 aromatic heterocycles. The van der Waals surface area contributed by atoms with Gasteiger partial charge in [-0.15, -0.1) is 0 Å². The average Bonchev–Trinajstić information content (AvgIpc) is 3.27. The molecule has 0 radical (unpaired) electrons. The average molecular weight is 261 g/mol. The van der Waals surface area contributed by atoms with Crippen LogP contribution in [-0.4, -0.2) is 24.9 Å². The van der Waals surface area contributed by atoms with Crippen molar-refractivity contribution in [3.8, 4) is 0 Å². The zero-order valence-corrected chi connectivity index (χ0v) is 10.8. The quantitative estimate of drug-likeness (QED) is 0.690. The smallest absolute Gasteiger partial charge is 0.239 e. The van der Waals surface area contributed by atoms with Crippen molar-refractivity contribution in [2.75, 3.05) is 13.1 Å². The van der Waals surface area contributed by atoms with Gasteiger partial charge < -0.3 is 16.4 Å². The van der Waals surface area contributed by atoms with E-state index in [-0.39, 0.29) is 30.9 Å². The third-order valence-electron chi connectivity index (χ3n) is 3.20. The van der Waals surface area contributed by atoms with E-state index in [0.717, 1.165) is 18.4 Å². The number of hydrogen-bond acceptors (Lipinski definition) is 3. The van der Waals surface area contributed by atoms with Gasteiger partial charge in [0.15, 0.2) is 0 Å². The number of nitrogens with two attached hydrogens (primary N) is 1. The van der Waals surface area contributed by atoms with Gasteiger partial charge in [-0.3, -0.25) is 9.59 Å². The molecule has 0 aliphatic heterocycles. The predicted molar refractivity (Wildman–Crippen MR) is 72.1 cm³/mol. The molecule has 2 rings (SSSR count). The lowest BCUT2D eigenvalue weighted by molar-refractivity contribution is -0.125. The molecule has 1 aromatic carbocycles. The van der Waals surface area contributed by atoms with Crippen LogP contribution in [-0.2, 0) is 9.59 Å². The van der Waals surface area contributed by atoms with E-state index in [1.807, 2.05) is 30.3 Å². The Morgan fingerprint density at radius 1 is 1.21 bits per heavy atom. The van der Waals surface area contributed by atoms with Gasteiger partial charge in [-0.05, 0) is 24.3 Å². The van der Waals surface area contributed by atoms with Crippen LogP contribution in [0.3, 0.4) is 0 Å². The Bertz CT molecular complexity index is 443. The maximum absolute atomic E-state index is 11.8. The minimum absolute atomic E-state index is 0.0217. The predicted octanol–water partition coefficient (Wildman–Crippen LogP) is 0.329. The van der Waals surface area contributed by atoms with Gasteiger partial charge in [-0.2, -0.15) is 0 Å². The van der Waals surface area contributed by atoms with Crippen LogP contribution >= 0.6 is 0 Å². The summed E-state index contributed by atoms with van der Waals surface area (Å²) in [5.74, 6) is 0.0111. The van der Waals surface area contributed by atoms with E-state index in [9.17, 15) is 9.59 Å². The van der Waals surface area contributed by atoms with Crippen molar-refractivity contribution < 1.29 is 9.59 Å². The SMILES string of the molecule is NCC(=O)NCC(=O)NC(c1ccccc1)C1CC1. The molecule has 102 valence electrons. The lowest BCUT2D eigenvalue weighted by atomic mass is 10.0. The van der Waals surface area contributed by atoms with Crippen molar-refractivity contribution in [2.24, 2.45) is 11.7 Å². The summed E-state index contributed by atoms with van der Waals surface area (Å²) in [7, 11) is 0. The second kappa shape index (κ2) is 6.33.